The monoisotopic (exact) mass is 369 g/mol. The van der Waals surface area contributed by atoms with Gasteiger partial charge in [-0.05, 0) is 42.2 Å². The lowest BCUT2D eigenvalue weighted by atomic mass is 9.65. The third-order valence-electron chi connectivity index (χ3n) is 5.92. The minimum absolute atomic E-state index is 0.0575. The van der Waals surface area contributed by atoms with Gasteiger partial charge in [0.05, 0.1) is 17.4 Å². The van der Waals surface area contributed by atoms with E-state index in [1.54, 1.807) is 10.9 Å². The zero-order valence-electron chi connectivity index (χ0n) is 16.3. The molecule has 0 N–H and O–H groups in total. The minimum Gasteiger partial charge on any atom is -0.454 e. The Hall–Kier alpha value is -2.37. The number of aromatic nitrogens is 2. The average Bonchev–Trinajstić information content (AvgIpc) is 3.10. The van der Waals surface area contributed by atoms with Crippen LogP contribution in [-0.2, 0) is 20.9 Å². The summed E-state index contributed by atoms with van der Waals surface area (Å²) in [5.74, 6) is -0.495. The molecule has 1 saturated heterocycles. The molecule has 6 nitrogen and oxygen atoms in total. The van der Waals surface area contributed by atoms with Crippen molar-refractivity contribution < 1.29 is 14.3 Å². The van der Waals surface area contributed by atoms with E-state index in [9.17, 15) is 9.59 Å². The molecule has 2 aromatic rings. The summed E-state index contributed by atoms with van der Waals surface area (Å²) in [5.41, 5.74) is 2.15. The number of carbonyl (C=O) groups excluding carboxylic acids is 2. The number of nitrogens with zero attached hydrogens (tertiary/aromatic N) is 3. The molecule has 4 rings (SSSR count). The number of fused-ring (bicyclic) bond motifs is 3. The molecule has 2 aliphatic rings. The second-order valence-electron chi connectivity index (χ2n) is 9.26. The number of likely N-dealkylation sites (tertiary alicyclic amines) is 1. The Morgan fingerprint density at radius 3 is 2.81 bits per heavy atom. The number of carbonyl (C=O) groups is 2. The summed E-state index contributed by atoms with van der Waals surface area (Å²) < 4.78 is 7.04. The Morgan fingerprint density at radius 1 is 1.22 bits per heavy atom. The van der Waals surface area contributed by atoms with Crippen molar-refractivity contribution in [2.75, 3.05) is 13.2 Å². The van der Waals surface area contributed by atoms with Crippen molar-refractivity contribution in [3.05, 3.63) is 30.6 Å². The van der Waals surface area contributed by atoms with Gasteiger partial charge in [0.2, 0.25) is 0 Å². The maximum atomic E-state index is 12.7. The van der Waals surface area contributed by atoms with Crippen LogP contribution in [0.4, 0.5) is 0 Å². The molecule has 144 valence electrons. The van der Waals surface area contributed by atoms with Gasteiger partial charge in [0.1, 0.15) is 6.54 Å². The maximum Gasteiger partial charge on any atom is 0.326 e. The van der Waals surface area contributed by atoms with E-state index in [4.69, 9.17) is 4.74 Å². The van der Waals surface area contributed by atoms with Crippen molar-refractivity contribution >= 4 is 22.9 Å². The summed E-state index contributed by atoms with van der Waals surface area (Å²) in [4.78, 5) is 31.1. The van der Waals surface area contributed by atoms with Gasteiger partial charge in [-0.15, -0.1) is 0 Å². The van der Waals surface area contributed by atoms with Crippen LogP contribution < -0.4 is 0 Å². The Kier molecular flexibility index (Phi) is 4.24. The third-order valence-corrected chi connectivity index (χ3v) is 5.92. The second-order valence-corrected chi connectivity index (χ2v) is 9.26. The van der Waals surface area contributed by atoms with Crippen LogP contribution in [0.5, 0.6) is 0 Å². The van der Waals surface area contributed by atoms with Crippen molar-refractivity contribution in [1.29, 1.82) is 0 Å². The normalized spacial score (nSPS) is 26.3. The topological polar surface area (TPSA) is 64.4 Å². The molecule has 0 radical (unpaired) electrons. The molecule has 2 fully saturated rings. The molecule has 0 unspecified atom stereocenters. The van der Waals surface area contributed by atoms with Gasteiger partial charge in [0, 0.05) is 12.6 Å². The molecule has 1 aliphatic heterocycles. The lowest BCUT2D eigenvalue weighted by molar-refractivity contribution is -0.153. The van der Waals surface area contributed by atoms with Crippen molar-refractivity contribution in [1.82, 2.24) is 14.5 Å². The number of hydrogen-bond acceptors (Lipinski definition) is 4. The Balaban J connectivity index is 1.35. The van der Waals surface area contributed by atoms with E-state index < -0.39 is 5.97 Å². The standard InChI is InChI=1S/C21H27N3O3/c1-20(2)8-15-9-21(3,12-20)13-24(15)18(25)11-27-19(26)10-23-14-22-16-6-4-5-7-17(16)23/h4-7,14-15H,8-13H2,1-3H3/t15-,21+/m0/s1. The quantitative estimate of drug-likeness (QED) is 0.777. The van der Waals surface area contributed by atoms with Crippen LogP contribution in [-0.4, -0.2) is 45.5 Å². The first-order valence-electron chi connectivity index (χ1n) is 9.60. The zero-order chi connectivity index (χ0) is 19.2. The number of rotatable bonds is 4. The molecule has 0 spiro atoms. The zero-order valence-corrected chi connectivity index (χ0v) is 16.3. The Labute approximate surface area is 159 Å². The number of para-hydroxylation sites is 2. The van der Waals surface area contributed by atoms with E-state index in [1.807, 2.05) is 29.2 Å². The second kappa shape index (κ2) is 6.36. The van der Waals surface area contributed by atoms with E-state index in [2.05, 4.69) is 25.8 Å². The van der Waals surface area contributed by atoms with Crippen LogP contribution in [0.25, 0.3) is 11.0 Å². The lowest BCUT2D eigenvalue weighted by Crippen LogP contribution is -2.40. The van der Waals surface area contributed by atoms with Gasteiger partial charge in [-0.25, -0.2) is 4.98 Å². The summed E-state index contributed by atoms with van der Waals surface area (Å²) in [6.07, 6.45) is 4.83. The molecule has 1 saturated carbocycles. The molecule has 1 aromatic heterocycles. The molecule has 2 heterocycles. The number of hydrogen-bond donors (Lipinski definition) is 0. The van der Waals surface area contributed by atoms with Crippen LogP contribution >= 0.6 is 0 Å². The van der Waals surface area contributed by atoms with Crippen LogP contribution in [0.3, 0.4) is 0 Å². The summed E-state index contributed by atoms with van der Waals surface area (Å²) >= 11 is 0. The largest absolute Gasteiger partial charge is 0.454 e. The van der Waals surface area contributed by atoms with E-state index in [1.165, 1.54) is 0 Å². The van der Waals surface area contributed by atoms with Crippen LogP contribution in [0, 0.1) is 10.8 Å². The first kappa shape index (κ1) is 18.0. The smallest absolute Gasteiger partial charge is 0.326 e. The fraction of sp³-hybridized carbons (Fsp3) is 0.571. The van der Waals surface area contributed by atoms with E-state index >= 15 is 0 Å². The van der Waals surface area contributed by atoms with E-state index in [-0.39, 0.29) is 35.9 Å². The molecule has 6 heteroatoms. The molecule has 1 aliphatic carbocycles. The van der Waals surface area contributed by atoms with E-state index in [0.29, 0.717) is 0 Å². The number of imidazole rings is 1. The average molecular weight is 369 g/mol. The van der Waals surface area contributed by atoms with E-state index in [0.717, 1.165) is 36.8 Å². The van der Waals surface area contributed by atoms with Gasteiger partial charge >= 0.3 is 5.97 Å². The first-order valence-corrected chi connectivity index (χ1v) is 9.60. The van der Waals surface area contributed by atoms with Gasteiger partial charge in [0.25, 0.3) is 5.91 Å². The predicted octanol–water partition coefficient (Wildman–Crippen LogP) is 3.01. The van der Waals surface area contributed by atoms with Gasteiger partial charge in [-0.1, -0.05) is 32.9 Å². The number of ether oxygens (including phenoxy) is 1. The molecule has 1 aromatic carbocycles. The summed E-state index contributed by atoms with van der Waals surface area (Å²) in [6.45, 7) is 7.47. The Bertz CT molecular complexity index is 888. The van der Waals surface area contributed by atoms with Gasteiger partial charge in [-0.3, -0.25) is 9.59 Å². The predicted molar refractivity (Wildman–Crippen MR) is 102 cm³/mol. The number of esters is 1. The molecule has 1 amide bonds. The van der Waals surface area contributed by atoms with Gasteiger partial charge in [0.15, 0.2) is 6.61 Å². The van der Waals surface area contributed by atoms with Crippen molar-refractivity contribution in [2.45, 2.75) is 52.6 Å². The molecule has 27 heavy (non-hydrogen) atoms. The Morgan fingerprint density at radius 2 is 2.00 bits per heavy atom. The van der Waals surface area contributed by atoms with Crippen LogP contribution in [0.1, 0.15) is 40.0 Å². The van der Waals surface area contributed by atoms with Gasteiger partial charge < -0.3 is 14.2 Å². The highest BCUT2D eigenvalue weighted by Gasteiger charge is 2.50. The summed E-state index contributed by atoms with van der Waals surface area (Å²) in [5, 5.41) is 0. The molecular formula is C21H27N3O3. The fourth-order valence-corrected chi connectivity index (χ4v) is 5.30. The molecule has 2 bridgehead atoms. The number of benzene rings is 1. The summed E-state index contributed by atoms with van der Waals surface area (Å²) in [7, 11) is 0. The summed E-state index contributed by atoms with van der Waals surface area (Å²) in [6, 6.07) is 7.89. The highest BCUT2D eigenvalue weighted by atomic mass is 16.5. The third kappa shape index (κ3) is 3.57. The maximum absolute atomic E-state index is 12.7. The SMILES string of the molecule is CC1(C)C[C@H]2C[C@@](C)(CN2C(=O)COC(=O)Cn2cnc3ccccc32)C1. The van der Waals surface area contributed by atoms with Crippen molar-refractivity contribution in [3.63, 3.8) is 0 Å². The first-order chi connectivity index (χ1) is 12.7. The van der Waals surface area contributed by atoms with Crippen LogP contribution in [0.2, 0.25) is 0 Å². The highest BCUT2D eigenvalue weighted by molar-refractivity contribution is 5.82. The van der Waals surface area contributed by atoms with Crippen molar-refractivity contribution in [2.24, 2.45) is 10.8 Å². The van der Waals surface area contributed by atoms with Crippen molar-refractivity contribution in [3.8, 4) is 0 Å². The fourth-order valence-electron chi connectivity index (χ4n) is 5.30. The molecule has 2 atom stereocenters. The lowest BCUT2D eigenvalue weighted by Gasteiger charge is -2.39. The minimum atomic E-state index is -0.416. The van der Waals surface area contributed by atoms with Gasteiger partial charge in [-0.2, -0.15) is 0 Å². The molecular weight excluding hydrogens is 342 g/mol. The van der Waals surface area contributed by atoms with Crippen LogP contribution in [0.15, 0.2) is 30.6 Å². The highest BCUT2D eigenvalue weighted by Crippen LogP contribution is 2.52. The number of amides is 1.